The van der Waals surface area contributed by atoms with Crippen molar-refractivity contribution >= 4 is 0 Å². The summed E-state index contributed by atoms with van der Waals surface area (Å²) in [6.07, 6.45) is 2.88. The number of aryl methyl sites for hydroxylation is 1. The summed E-state index contributed by atoms with van der Waals surface area (Å²) in [4.78, 5) is 2.40. The minimum absolute atomic E-state index is 0.557. The fraction of sp³-hybridized carbons (Fsp3) is 0.727. The van der Waals surface area contributed by atoms with E-state index in [1.807, 2.05) is 17.9 Å². The van der Waals surface area contributed by atoms with Gasteiger partial charge in [0.15, 0.2) is 0 Å². The van der Waals surface area contributed by atoms with Gasteiger partial charge in [-0.25, -0.2) is 0 Å². The highest BCUT2D eigenvalue weighted by molar-refractivity contribution is 5.00. The van der Waals surface area contributed by atoms with Gasteiger partial charge < -0.3 is 5.73 Å². The molecule has 0 amide bonds. The topological polar surface area (TPSA) is 47.1 Å². The average Bonchev–Trinajstić information content (AvgIpc) is 2.58. The van der Waals surface area contributed by atoms with E-state index < -0.39 is 0 Å². The molecular weight excluding hydrogens is 188 g/mol. The third-order valence-corrected chi connectivity index (χ3v) is 2.72. The highest BCUT2D eigenvalue weighted by atomic mass is 15.3. The van der Waals surface area contributed by atoms with Crippen LogP contribution in [0.5, 0.6) is 0 Å². The molecule has 0 aliphatic heterocycles. The van der Waals surface area contributed by atoms with Gasteiger partial charge in [0, 0.05) is 51.0 Å². The SMILES string of the molecule is CC(C)N(CCN)CCc1ccnn1C. The summed E-state index contributed by atoms with van der Waals surface area (Å²) >= 11 is 0. The van der Waals surface area contributed by atoms with Gasteiger partial charge in [0.2, 0.25) is 0 Å². The van der Waals surface area contributed by atoms with Crippen molar-refractivity contribution in [3.63, 3.8) is 0 Å². The van der Waals surface area contributed by atoms with Crippen LogP contribution in [-0.2, 0) is 13.5 Å². The van der Waals surface area contributed by atoms with Gasteiger partial charge in [-0.2, -0.15) is 5.10 Å². The molecule has 0 aliphatic carbocycles. The Morgan fingerprint density at radius 3 is 2.67 bits per heavy atom. The number of aromatic nitrogens is 2. The quantitative estimate of drug-likeness (QED) is 0.749. The van der Waals surface area contributed by atoms with Gasteiger partial charge in [-0.3, -0.25) is 9.58 Å². The van der Waals surface area contributed by atoms with Gasteiger partial charge in [0.1, 0.15) is 0 Å². The molecule has 0 aliphatic rings. The third-order valence-electron chi connectivity index (χ3n) is 2.72. The van der Waals surface area contributed by atoms with Gasteiger partial charge >= 0.3 is 0 Å². The van der Waals surface area contributed by atoms with Gasteiger partial charge in [0.25, 0.3) is 0 Å². The fourth-order valence-corrected chi connectivity index (χ4v) is 1.70. The monoisotopic (exact) mass is 210 g/mol. The van der Waals surface area contributed by atoms with E-state index in [2.05, 4.69) is 29.9 Å². The Morgan fingerprint density at radius 2 is 2.20 bits per heavy atom. The zero-order chi connectivity index (χ0) is 11.3. The van der Waals surface area contributed by atoms with E-state index >= 15 is 0 Å². The molecule has 0 bridgehead atoms. The second-order valence-corrected chi connectivity index (χ2v) is 4.11. The van der Waals surface area contributed by atoms with Crippen molar-refractivity contribution in [1.29, 1.82) is 0 Å². The third kappa shape index (κ3) is 3.64. The summed E-state index contributed by atoms with van der Waals surface area (Å²) in [6.45, 7) is 7.16. The second kappa shape index (κ2) is 5.88. The molecule has 0 saturated carbocycles. The Labute approximate surface area is 92.1 Å². The highest BCUT2D eigenvalue weighted by Crippen LogP contribution is 2.02. The summed E-state index contributed by atoms with van der Waals surface area (Å²) in [5.74, 6) is 0. The zero-order valence-corrected chi connectivity index (χ0v) is 9.98. The van der Waals surface area contributed by atoms with Crippen molar-refractivity contribution in [2.75, 3.05) is 19.6 Å². The van der Waals surface area contributed by atoms with Gasteiger partial charge in [-0.1, -0.05) is 0 Å². The van der Waals surface area contributed by atoms with Gasteiger partial charge in [-0.15, -0.1) is 0 Å². The van der Waals surface area contributed by atoms with Crippen molar-refractivity contribution in [3.05, 3.63) is 18.0 Å². The van der Waals surface area contributed by atoms with E-state index in [0.717, 1.165) is 26.1 Å². The molecule has 0 fully saturated rings. The molecule has 2 N–H and O–H groups in total. The van der Waals surface area contributed by atoms with Gasteiger partial charge in [0.05, 0.1) is 0 Å². The lowest BCUT2D eigenvalue weighted by molar-refractivity contribution is 0.229. The molecule has 0 saturated heterocycles. The minimum atomic E-state index is 0.557. The first kappa shape index (κ1) is 12.2. The first-order valence-corrected chi connectivity index (χ1v) is 5.56. The van der Waals surface area contributed by atoms with Crippen molar-refractivity contribution in [3.8, 4) is 0 Å². The fourth-order valence-electron chi connectivity index (χ4n) is 1.70. The van der Waals surface area contributed by atoms with Crippen molar-refractivity contribution in [1.82, 2.24) is 14.7 Å². The largest absolute Gasteiger partial charge is 0.329 e. The van der Waals surface area contributed by atoms with E-state index in [9.17, 15) is 0 Å². The maximum Gasteiger partial charge on any atom is 0.0492 e. The van der Waals surface area contributed by atoms with Crippen LogP contribution in [0.4, 0.5) is 0 Å². The molecular formula is C11H22N4. The van der Waals surface area contributed by atoms with Crippen LogP contribution < -0.4 is 5.73 Å². The van der Waals surface area contributed by atoms with Crippen LogP contribution in [0.25, 0.3) is 0 Å². The Hall–Kier alpha value is -0.870. The Kier molecular flexibility index (Phi) is 4.78. The standard InChI is InChI=1S/C11H22N4/c1-10(2)15(9-6-12)8-5-11-4-7-13-14(11)3/h4,7,10H,5-6,8-9,12H2,1-3H3. The predicted molar refractivity (Wildman–Crippen MR) is 62.7 cm³/mol. The van der Waals surface area contributed by atoms with Crippen LogP contribution in [-0.4, -0.2) is 40.4 Å². The molecule has 0 unspecified atom stereocenters. The molecule has 15 heavy (non-hydrogen) atoms. The minimum Gasteiger partial charge on any atom is -0.329 e. The van der Waals surface area contributed by atoms with Crippen LogP contribution in [0.15, 0.2) is 12.3 Å². The summed E-state index contributed by atoms with van der Waals surface area (Å²) in [6, 6.07) is 2.63. The molecule has 0 aromatic carbocycles. The number of rotatable bonds is 6. The van der Waals surface area contributed by atoms with E-state index in [-0.39, 0.29) is 0 Å². The van der Waals surface area contributed by atoms with Crippen molar-refractivity contribution in [2.24, 2.45) is 12.8 Å². The van der Waals surface area contributed by atoms with E-state index in [0.29, 0.717) is 6.04 Å². The van der Waals surface area contributed by atoms with E-state index in [1.165, 1.54) is 5.69 Å². The lowest BCUT2D eigenvalue weighted by atomic mass is 10.2. The first-order chi connectivity index (χ1) is 7.15. The molecule has 1 aromatic rings. The molecule has 1 aromatic heterocycles. The summed E-state index contributed by atoms with van der Waals surface area (Å²) in [5.41, 5.74) is 6.86. The Balaban J connectivity index is 2.43. The number of nitrogens with two attached hydrogens (primary N) is 1. The summed E-state index contributed by atoms with van der Waals surface area (Å²) in [7, 11) is 1.98. The maximum absolute atomic E-state index is 5.59. The lowest BCUT2D eigenvalue weighted by Crippen LogP contribution is -2.37. The number of nitrogens with zero attached hydrogens (tertiary/aromatic N) is 3. The molecule has 1 rings (SSSR count). The van der Waals surface area contributed by atoms with Crippen molar-refractivity contribution in [2.45, 2.75) is 26.3 Å². The zero-order valence-electron chi connectivity index (χ0n) is 9.98. The van der Waals surface area contributed by atoms with Gasteiger partial charge in [-0.05, 0) is 19.9 Å². The molecule has 0 radical (unpaired) electrons. The summed E-state index contributed by atoms with van der Waals surface area (Å²) < 4.78 is 1.93. The Bertz CT molecular complexity index is 280. The molecule has 4 nitrogen and oxygen atoms in total. The van der Waals surface area contributed by atoms with Crippen LogP contribution >= 0.6 is 0 Å². The molecule has 0 atom stereocenters. The lowest BCUT2D eigenvalue weighted by Gasteiger charge is -2.25. The smallest absolute Gasteiger partial charge is 0.0492 e. The van der Waals surface area contributed by atoms with Crippen LogP contribution in [0.3, 0.4) is 0 Å². The maximum atomic E-state index is 5.59. The van der Waals surface area contributed by atoms with E-state index in [1.54, 1.807) is 0 Å². The summed E-state index contributed by atoms with van der Waals surface area (Å²) in [5, 5.41) is 4.16. The normalized spacial score (nSPS) is 11.6. The van der Waals surface area contributed by atoms with E-state index in [4.69, 9.17) is 5.73 Å². The average molecular weight is 210 g/mol. The number of hydrogen-bond acceptors (Lipinski definition) is 3. The first-order valence-electron chi connectivity index (χ1n) is 5.56. The van der Waals surface area contributed by atoms with Crippen molar-refractivity contribution < 1.29 is 0 Å². The molecule has 1 heterocycles. The Morgan fingerprint density at radius 1 is 1.47 bits per heavy atom. The molecule has 86 valence electrons. The second-order valence-electron chi connectivity index (χ2n) is 4.11. The molecule has 0 spiro atoms. The van der Waals surface area contributed by atoms with Crippen LogP contribution in [0, 0.1) is 0 Å². The highest BCUT2D eigenvalue weighted by Gasteiger charge is 2.09. The molecule has 4 heteroatoms. The van der Waals surface area contributed by atoms with Crippen LogP contribution in [0.2, 0.25) is 0 Å². The predicted octanol–water partition coefficient (Wildman–Crippen LogP) is 0.632. The van der Waals surface area contributed by atoms with Crippen LogP contribution in [0.1, 0.15) is 19.5 Å². The number of hydrogen-bond donors (Lipinski definition) is 1.